The second-order valence-corrected chi connectivity index (χ2v) is 9.12. The SMILES string of the molecule is Cc1nn(-c2ccc(Cl)cc2)c2sc(C(=O)NC3CCCC(C)C3C)cc12. The average Bonchev–Trinajstić information content (AvgIpc) is 3.21. The zero-order chi connectivity index (χ0) is 19.1. The molecule has 0 saturated heterocycles. The normalized spacial score (nSPS) is 22.9. The van der Waals surface area contributed by atoms with Crippen molar-refractivity contribution in [2.45, 2.75) is 46.1 Å². The molecule has 0 radical (unpaired) electrons. The summed E-state index contributed by atoms with van der Waals surface area (Å²) < 4.78 is 1.90. The summed E-state index contributed by atoms with van der Waals surface area (Å²) in [6, 6.07) is 9.83. The van der Waals surface area contributed by atoms with E-state index < -0.39 is 0 Å². The van der Waals surface area contributed by atoms with Crippen LogP contribution < -0.4 is 5.32 Å². The minimum absolute atomic E-state index is 0.0317. The molecule has 1 aromatic carbocycles. The van der Waals surface area contributed by atoms with Gasteiger partial charge in [-0.15, -0.1) is 11.3 Å². The zero-order valence-electron chi connectivity index (χ0n) is 15.8. The number of hydrogen-bond acceptors (Lipinski definition) is 3. The van der Waals surface area contributed by atoms with Crippen molar-refractivity contribution in [3.63, 3.8) is 0 Å². The Hall–Kier alpha value is -1.85. The molecule has 6 heteroatoms. The molecule has 0 bridgehead atoms. The summed E-state index contributed by atoms with van der Waals surface area (Å²) in [6.07, 6.45) is 3.51. The van der Waals surface area contributed by atoms with Crippen LogP contribution in [-0.4, -0.2) is 21.7 Å². The third-order valence-electron chi connectivity index (χ3n) is 5.86. The van der Waals surface area contributed by atoms with E-state index in [9.17, 15) is 4.79 Å². The van der Waals surface area contributed by atoms with Gasteiger partial charge in [0, 0.05) is 16.5 Å². The van der Waals surface area contributed by atoms with Crippen LogP contribution in [0, 0.1) is 18.8 Å². The maximum absolute atomic E-state index is 12.9. The molecule has 1 N–H and O–H groups in total. The van der Waals surface area contributed by atoms with E-state index in [-0.39, 0.29) is 11.9 Å². The second kappa shape index (κ2) is 7.28. The van der Waals surface area contributed by atoms with Gasteiger partial charge in [-0.3, -0.25) is 4.79 Å². The molecule has 3 unspecified atom stereocenters. The summed E-state index contributed by atoms with van der Waals surface area (Å²) >= 11 is 7.50. The monoisotopic (exact) mass is 401 g/mol. The van der Waals surface area contributed by atoms with Crippen molar-refractivity contribution < 1.29 is 4.79 Å². The summed E-state index contributed by atoms with van der Waals surface area (Å²) in [7, 11) is 0. The van der Waals surface area contributed by atoms with Crippen molar-refractivity contribution in [1.29, 1.82) is 0 Å². The molecule has 3 aromatic rings. The van der Waals surface area contributed by atoms with Gasteiger partial charge in [-0.2, -0.15) is 5.10 Å². The number of nitrogens with one attached hydrogen (secondary N) is 1. The van der Waals surface area contributed by atoms with Crippen LogP contribution in [0.3, 0.4) is 0 Å². The Bertz CT molecular complexity index is 975. The van der Waals surface area contributed by atoms with Crippen LogP contribution in [-0.2, 0) is 0 Å². The molecule has 1 saturated carbocycles. The molecule has 142 valence electrons. The van der Waals surface area contributed by atoms with E-state index in [4.69, 9.17) is 11.6 Å². The number of benzene rings is 1. The average molecular weight is 402 g/mol. The van der Waals surface area contributed by atoms with E-state index in [2.05, 4.69) is 24.3 Å². The van der Waals surface area contributed by atoms with Gasteiger partial charge in [-0.25, -0.2) is 4.68 Å². The van der Waals surface area contributed by atoms with Gasteiger partial charge in [0.15, 0.2) is 0 Å². The highest BCUT2D eigenvalue weighted by atomic mass is 35.5. The number of nitrogens with zero attached hydrogens (tertiary/aromatic N) is 2. The largest absolute Gasteiger partial charge is 0.348 e. The van der Waals surface area contributed by atoms with Crippen LogP contribution in [0.2, 0.25) is 5.02 Å². The van der Waals surface area contributed by atoms with Gasteiger partial charge in [0.25, 0.3) is 5.91 Å². The van der Waals surface area contributed by atoms with Gasteiger partial charge in [-0.1, -0.05) is 38.3 Å². The summed E-state index contributed by atoms with van der Waals surface area (Å²) in [5, 5.41) is 9.64. The maximum atomic E-state index is 12.9. The van der Waals surface area contributed by atoms with Crippen LogP contribution >= 0.6 is 22.9 Å². The molecule has 2 heterocycles. The first-order chi connectivity index (χ1) is 12.9. The van der Waals surface area contributed by atoms with E-state index in [1.54, 1.807) is 0 Å². The van der Waals surface area contributed by atoms with Crippen LogP contribution in [0.5, 0.6) is 0 Å². The first-order valence-corrected chi connectivity index (χ1v) is 10.7. The lowest BCUT2D eigenvalue weighted by atomic mass is 9.78. The van der Waals surface area contributed by atoms with E-state index in [0.717, 1.165) is 32.9 Å². The van der Waals surface area contributed by atoms with Gasteiger partial charge < -0.3 is 5.32 Å². The summed E-state index contributed by atoms with van der Waals surface area (Å²) in [5.74, 6) is 1.21. The predicted octanol–water partition coefficient (Wildman–Crippen LogP) is 5.60. The number of aryl methyl sites for hydroxylation is 1. The fraction of sp³-hybridized carbons (Fsp3) is 0.429. The highest BCUT2D eigenvalue weighted by Crippen LogP contribution is 2.32. The van der Waals surface area contributed by atoms with Gasteiger partial charge in [0.05, 0.1) is 16.3 Å². The zero-order valence-corrected chi connectivity index (χ0v) is 17.4. The molecule has 0 aliphatic heterocycles. The molecule has 2 aromatic heterocycles. The molecule has 1 aliphatic rings. The third kappa shape index (κ3) is 3.50. The molecule has 0 spiro atoms. The number of thiophene rings is 1. The Morgan fingerprint density at radius 2 is 2.00 bits per heavy atom. The fourth-order valence-electron chi connectivity index (χ4n) is 3.94. The second-order valence-electron chi connectivity index (χ2n) is 7.65. The lowest BCUT2D eigenvalue weighted by molar-refractivity contribution is 0.0895. The molecule has 4 rings (SSSR count). The number of carbonyl (C=O) groups excluding carboxylic acids is 1. The van der Waals surface area contributed by atoms with Gasteiger partial charge in [0.1, 0.15) is 4.83 Å². The molecule has 1 aliphatic carbocycles. The number of amides is 1. The Balaban J connectivity index is 1.62. The van der Waals surface area contributed by atoms with Crippen molar-refractivity contribution in [1.82, 2.24) is 15.1 Å². The summed E-state index contributed by atoms with van der Waals surface area (Å²) in [5.41, 5.74) is 1.87. The Morgan fingerprint density at radius 1 is 1.26 bits per heavy atom. The first kappa shape index (κ1) is 18.5. The minimum Gasteiger partial charge on any atom is -0.348 e. The molecule has 1 amide bonds. The number of fused-ring (bicyclic) bond motifs is 1. The maximum Gasteiger partial charge on any atom is 0.261 e. The first-order valence-electron chi connectivity index (χ1n) is 9.50. The van der Waals surface area contributed by atoms with E-state index in [0.29, 0.717) is 16.9 Å². The smallest absolute Gasteiger partial charge is 0.261 e. The number of carbonyl (C=O) groups is 1. The third-order valence-corrected chi connectivity index (χ3v) is 7.22. The van der Waals surface area contributed by atoms with Crippen molar-refractivity contribution in [2.24, 2.45) is 11.8 Å². The molecule has 3 atom stereocenters. The fourth-order valence-corrected chi connectivity index (χ4v) is 5.15. The van der Waals surface area contributed by atoms with E-state index in [1.807, 2.05) is 41.9 Å². The highest BCUT2D eigenvalue weighted by Gasteiger charge is 2.29. The van der Waals surface area contributed by atoms with E-state index in [1.165, 1.54) is 24.2 Å². The van der Waals surface area contributed by atoms with Crippen LogP contribution in [0.1, 0.15) is 48.5 Å². The quantitative estimate of drug-likeness (QED) is 0.620. The molecular weight excluding hydrogens is 378 g/mol. The van der Waals surface area contributed by atoms with E-state index >= 15 is 0 Å². The number of aromatic nitrogens is 2. The Labute approximate surface area is 168 Å². The van der Waals surface area contributed by atoms with Crippen molar-refractivity contribution in [2.75, 3.05) is 0 Å². The van der Waals surface area contributed by atoms with Gasteiger partial charge in [-0.05, 0) is 55.5 Å². The van der Waals surface area contributed by atoms with Gasteiger partial charge in [0.2, 0.25) is 0 Å². The van der Waals surface area contributed by atoms with Gasteiger partial charge >= 0.3 is 0 Å². The lowest BCUT2D eigenvalue weighted by Gasteiger charge is -2.34. The van der Waals surface area contributed by atoms with Crippen LogP contribution in [0.25, 0.3) is 15.9 Å². The highest BCUT2D eigenvalue weighted by molar-refractivity contribution is 7.20. The van der Waals surface area contributed by atoms with Crippen LogP contribution in [0.15, 0.2) is 30.3 Å². The Morgan fingerprint density at radius 3 is 2.74 bits per heavy atom. The molecule has 1 fully saturated rings. The van der Waals surface area contributed by atoms with Crippen molar-refractivity contribution >= 4 is 39.1 Å². The standard InChI is InChI=1S/C21H24ClN3OS/c1-12-5-4-6-18(13(12)2)23-20(26)19-11-17-14(3)24-25(21(17)27-19)16-9-7-15(22)8-10-16/h7-13,18H,4-6H2,1-3H3,(H,23,26). The molecular formula is C21H24ClN3OS. The minimum atomic E-state index is 0.0317. The number of halogens is 1. The topological polar surface area (TPSA) is 46.9 Å². The lowest BCUT2D eigenvalue weighted by Crippen LogP contribution is -2.43. The molecule has 4 nitrogen and oxygen atoms in total. The Kier molecular flexibility index (Phi) is 4.99. The van der Waals surface area contributed by atoms with Crippen LogP contribution in [0.4, 0.5) is 0 Å². The number of rotatable bonds is 3. The van der Waals surface area contributed by atoms with Crippen molar-refractivity contribution in [3.05, 3.63) is 45.9 Å². The number of hydrogen-bond donors (Lipinski definition) is 1. The molecule has 27 heavy (non-hydrogen) atoms. The predicted molar refractivity (Wildman–Crippen MR) is 112 cm³/mol. The summed E-state index contributed by atoms with van der Waals surface area (Å²) in [4.78, 5) is 14.6. The van der Waals surface area contributed by atoms with Crippen molar-refractivity contribution in [3.8, 4) is 5.69 Å². The summed E-state index contributed by atoms with van der Waals surface area (Å²) in [6.45, 7) is 6.52.